The van der Waals surface area contributed by atoms with Crippen molar-refractivity contribution in [1.29, 1.82) is 0 Å². The average Bonchev–Trinajstić information content (AvgIpc) is 2.34. The van der Waals surface area contributed by atoms with Gasteiger partial charge in [0.15, 0.2) is 0 Å². The van der Waals surface area contributed by atoms with Gasteiger partial charge in [0.1, 0.15) is 5.78 Å². The molecule has 108 valence electrons. The van der Waals surface area contributed by atoms with Gasteiger partial charge in [-0.1, -0.05) is 30.3 Å². The Morgan fingerprint density at radius 3 is 2.10 bits per heavy atom. The molecule has 20 heavy (non-hydrogen) atoms. The van der Waals surface area contributed by atoms with Gasteiger partial charge in [0.2, 0.25) is 5.91 Å². The minimum atomic E-state index is -0.359. The standard InChI is InChI=1S/C17H23NO2/c1-13(15-9-7-6-8-10-15)12-18(17(3,4)5)16(20)11-14(2)19/h6-10,12H,11H2,1-5H3/b13-12-. The predicted molar refractivity (Wildman–Crippen MR) is 82.0 cm³/mol. The zero-order valence-corrected chi connectivity index (χ0v) is 12.9. The van der Waals surface area contributed by atoms with E-state index < -0.39 is 0 Å². The molecule has 1 rings (SSSR count). The molecule has 0 saturated carbocycles. The number of allylic oxidation sites excluding steroid dienone is 1. The highest BCUT2D eigenvalue weighted by atomic mass is 16.2. The first-order valence-electron chi connectivity index (χ1n) is 6.77. The third-order valence-corrected chi connectivity index (χ3v) is 2.94. The molecule has 0 aliphatic rings. The van der Waals surface area contributed by atoms with E-state index in [1.165, 1.54) is 6.92 Å². The van der Waals surface area contributed by atoms with E-state index in [-0.39, 0.29) is 23.7 Å². The molecule has 0 aliphatic carbocycles. The van der Waals surface area contributed by atoms with Crippen molar-refractivity contribution in [2.75, 3.05) is 0 Å². The monoisotopic (exact) mass is 273 g/mol. The van der Waals surface area contributed by atoms with Gasteiger partial charge in [0, 0.05) is 11.7 Å². The maximum Gasteiger partial charge on any atom is 0.234 e. The molecule has 0 saturated heterocycles. The van der Waals surface area contributed by atoms with Crippen molar-refractivity contribution in [2.24, 2.45) is 0 Å². The van der Waals surface area contributed by atoms with Crippen LogP contribution in [0.2, 0.25) is 0 Å². The van der Waals surface area contributed by atoms with Gasteiger partial charge in [-0.05, 0) is 45.8 Å². The summed E-state index contributed by atoms with van der Waals surface area (Å²) in [6, 6.07) is 9.89. The number of ketones is 1. The molecule has 0 aliphatic heterocycles. The van der Waals surface area contributed by atoms with Crippen molar-refractivity contribution in [3.05, 3.63) is 42.1 Å². The van der Waals surface area contributed by atoms with E-state index in [2.05, 4.69) is 0 Å². The number of hydrogen-bond acceptors (Lipinski definition) is 2. The van der Waals surface area contributed by atoms with Crippen LogP contribution in [0.3, 0.4) is 0 Å². The Morgan fingerprint density at radius 1 is 1.10 bits per heavy atom. The maximum absolute atomic E-state index is 12.2. The van der Waals surface area contributed by atoms with Crippen LogP contribution in [0.15, 0.2) is 36.5 Å². The molecular formula is C17H23NO2. The zero-order chi connectivity index (χ0) is 15.3. The molecule has 0 N–H and O–H groups in total. The van der Waals surface area contributed by atoms with Crippen molar-refractivity contribution >= 4 is 17.3 Å². The van der Waals surface area contributed by atoms with Crippen LogP contribution in [0.4, 0.5) is 0 Å². The number of hydrogen-bond donors (Lipinski definition) is 0. The van der Waals surface area contributed by atoms with Crippen LogP contribution in [0.1, 0.15) is 46.6 Å². The molecule has 0 radical (unpaired) electrons. The molecule has 0 bridgehead atoms. The van der Waals surface area contributed by atoms with Crippen LogP contribution in [0, 0.1) is 0 Å². The summed E-state index contributed by atoms with van der Waals surface area (Å²) in [5, 5.41) is 0. The van der Waals surface area contributed by atoms with Gasteiger partial charge in [-0.2, -0.15) is 0 Å². The van der Waals surface area contributed by atoms with Crippen LogP contribution >= 0.6 is 0 Å². The van der Waals surface area contributed by atoms with Crippen molar-refractivity contribution in [3.8, 4) is 0 Å². The molecular weight excluding hydrogens is 250 g/mol. The Hall–Kier alpha value is -1.90. The third kappa shape index (κ3) is 4.65. The van der Waals surface area contributed by atoms with E-state index in [9.17, 15) is 9.59 Å². The van der Waals surface area contributed by atoms with Crippen molar-refractivity contribution in [1.82, 2.24) is 4.90 Å². The molecule has 1 amide bonds. The highest BCUT2D eigenvalue weighted by Crippen LogP contribution is 2.21. The Bertz CT molecular complexity index is 510. The lowest BCUT2D eigenvalue weighted by atomic mass is 10.0. The largest absolute Gasteiger partial charge is 0.313 e. The molecule has 0 atom stereocenters. The van der Waals surface area contributed by atoms with Crippen LogP contribution in [-0.4, -0.2) is 22.1 Å². The lowest BCUT2D eigenvalue weighted by molar-refractivity contribution is -0.135. The maximum atomic E-state index is 12.2. The molecule has 1 aromatic carbocycles. The van der Waals surface area contributed by atoms with E-state index in [0.29, 0.717) is 0 Å². The predicted octanol–water partition coefficient (Wildman–Crippen LogP) is 3.65. The minimum absolute atomic E-state index is 0.0597. The number of benzene rings is 1. The quantitative estimate of drug-likeness (QED) is 0.785. The van der Waals surface area contributed by atoms with Crippen LogP contribution < -0.4 is 0 Å². The van der Waals surface area contributed by atoms with Gasteiger partial charge in [-0.15, -0.1) is 0 Å². The Morgan fingerprint density at radius 2 is 1.65 bits per heavy atom. The van der Waals surface area contributed by atoms with Gasteiger partial charge in [-0.3, -0.25) is 9.59 Å². The molecule has 1 aromatic rings. The second-order valence-electron chi connectivity index (χ2n) is 5.99. The Kier molecular flexibility index (Phi) is 5.26. The zero-order valence-electron chi connectivity index (χ0n) is 12.9. The van der Waals surface area contributed by atoms with E-state index >= 15 is 0 Å². The van der Waals surface area contributed by atoms with Gasteiger partial charge in [0.05, 0.1) is 6.42 Å². The van der Waals surface area contributed by atoms with E-state index in [1.807, 2.05) is 64.2 Å². The van der Waals surface area contributed by atoms with Gasteiger partial charge >= 0.3 is 0 Å². The summed E-state index contributed by atoms with van der Waals surface area (Å²) in [7, 11) is 0. The topological polar surface area (TPSA) is 37.4 Å². The van der Waals surface area contributed by atoms with Crippen LogP contribution in [0.25, 0.3) is 5.57 Å². The highest BCUT2D eigenvalue weighted by molar-refractivity contribution is 5.97. The molecule has 0 aromatic heterocycles. The summed E-state index contributed by atoms with van der Waals surface area (Å²) in [4.78, 5) is 25.1. The first-order chi connectivity index (χ1) is 9.21. The number of carbonyl (C=O) groups excluding carboxylic acids is 2. The molecule has 0 fully saturated rings. The smallest absolute Gasteiger partial charge is 0.234 e. The molecule has 3 heteroatoms. The van der Waals surface area contributed by atoms with Crippen molar-refractivity contribution in [2.45, 2.75) is 46.6 Å². The third-order valence-electron chi connectivity index (χ3n) is 2.94. The van der Waals surface area contributed by atoms with Crippen LogP contribution in [-0.2, 0) is 9.59 Å². The number of carbonyl (C=O) groups is 2. The summed E-state index contributed by atoms with van der Waals surface area (Å²) >= 11 is 0. The van der Waals surface area contributed by atoms with Gasteiger partial charge < -0.3 is 4.90 Å². The average molecular weight is 273 g/mol. The first kappa shape index (κ1) is 16.2. The highest BCUT2D eigenvalue weighted by Gasteiger charge is 2.25. The molecule has 0 heterocycles. The van der Waals surface area contributed by atoms with Crippen LogP contribution in [0.5, 0.6) is 0 Å². The fraction of sp³-hybridized carbons (Fsp3) is 0.412. The number of Topliss-reactive ketones (excluding diaryl/α,β-unsaturated/α-hetero) is 1. The van der Waals surface area contributed by atoms with Crippen molar-refractivity contribution < 1.29 is 9.59 Å². The summed E-state index contributed by atoms with van der Waals surface area (Å²) in [6.45, 7) is 9.28. The summed E-state index contributed by atoms with van der Waals surface area (Å²) in [6.07, 6.45) is 1.77. The number of rotatable bonds is 4. The molecule has 3 nitrogen and oxygen atoms in total. The number of nitrogens with zero attached hydrogens (tertiary/aromatic N) is 1. The lowest BCUT2D eigenvalue weighted by Crippen LogP contribution is -2.42. The summed E-state index contributed by atoms with van der Waals surface area (Å²) in [5.74, 6) is -0.282. The second-order valence-corrected chi connectivity index (χ2v) is 5.99. The summed E-state index contributed by atoms with van der Waals surface area (Å²) < 4.78 is 0. The summed E-state index contributed by atoms with van der Waals surface area (Å²) in [5.41, 5.74) is 1.71. The number of amides is 1. The van der Waals surface area contributed by atoms with Crippen molar-refractivity contribution in [3.63, 3.8) is 0 Å². The fourth-order valence-electron chi connectivity index (χ4n) is 1.91. The van der Waals surface area contributed by atoms with Gasteiger partial charge in [0.25, 0.3) is 0 Å². The van der Waals surface area contributed by atoms with Gasteiger partial charge in [-0.25, -0.2) is 0 Å². The van der Waals surface area contributed by atoms with E-state index in [4.69, 9.17) is 0 Å². The van der Waals surface area contributed by atoms with E-state index in [0.717, 1.165) is 11.1 Å². The fourth-order valence-corrected chi connectivity index (χ4v) is 1.91. The first-order valence-corrected chi connectivity index (χ1v) is 6.77. The molecule has 0 spiro atoms. The molecule has 0 unspecified atom stereocenters. The minimum Gasteiger partial charge on any atom is -0.313 e. The Balaban J connectivity index is 3.07. The Labute approximate surface area is 121 Å². The normalized spacial score (nSPS) is 12.2. The van der Waals surface area contributed by atoms with E-state index in [1.54, 1.807) is 4.90 Å². The lowest BCUT2D eigenvalue weighted by Gasteiger charge is -2.33. The SMILES string of the molecule is CC(=O)CC(=O)N(/C=C(/C)c1ccccc1)C(C)(C)C. The second kappa shape index (κ2) is 6.51.